The maximum Gasteiger partial charge on any atom is 0.573 e. The van der Waals surface area contributed by atoms with E-state index >= 15 is 0 Å². The molecule has 0 radical (unpaired) electrons. The van der Waals surface area contributed by atoms with Gasteiger partial charge in [-0.25, -0.2) is 17.6 Å². The van der Waals surface area contributed by atoms with Crippen LogP contribution in [0.15, 0.2) is 24.3 Å². The molecule has 0 fully saturated rings. The lowest BCUT2D eigenvalue weighted by molar-refractivity contribution is -0.276. The van der Waals surface area contributed by atoms with Crippen molar-refractivity contribution in [3.8, 4) is 11.5 Å². The molecule has 150 valence electrons. The summed E-state index contributed by atoms with van der Waals surface area (Å²) in [5, 5.41) is 0. The van der Waals surface area contributed by atoms with E-state index in [1.54, 1.807) is 0 Å². The van der Waals surface area contributed by atoms with Crippen molar-refractivity contribution in [2.24, 2.45) is 0 Å². The van der Waals surface area contributed by atoms with E-state index in [1.165, 1.54) is 6.92 Å². The molecule has 2 aromatic carbocycles. The molecule has 0 aromatic heterocycles. The van der Waals surface area contributed by atoms with E-state index in [4.69, 9.17) is 0 Å². The van der Waals surface area contributed by atoms with Crippen LogP contribution in [0.4, 0.5) is 39.5 Å². The van der Waals surface area contributed by atoms with E-state index in [-0.39, 0.29) is 25.1 Å². The van der Waals surface area contributed by atoms with Gasteiger partial charge in [0.2, 0.25) is 5.75 Å². The summed E-state index contributed by atoms with van der Waals surface area (Å²) in [6, 6.07) is 1.03. The quantitative estimate of drug-likeness (QED) is 0.562. The average molecular weight is 406 g/mol. The SMILES string of the molecule is C.Cc1cc(F)c(C(F)(F)Oc2cc(F)c(OC(F)(F)F)c(F)c2)c(F)c1. The highest BCUT2D eigenvalue weighted by molar-refractivity contribution is 5.36. The molecule has 0 spiro atoms. The van der Waals surface area contributed by atoms with E-state index < -0.39 is 52.8 Å². The normalized spacial score (nSPS) is 11.8. The van der Waals surface area contributed by atoms with Gasteiger partial charge in [0.25, 0.3) is 0 Å². The van der Waals surface area contributed by atoms with Crippen molar-refractivity contribution in [3.63, 3.8) is 0 Å². The Morgan fingerprint density at radius 2 is 1.15 bits per heavy atom. The van der Waals surface area contributed by atoms with Gasteiger partial charge < -0.3 is 9.47 Å². The van der Waals surface area contributed by atoms with Gasteiger partial charge in [0.05, 0.1) is 0 Å². The van der Waals surface area contributed by atoms with Gasteiger partial charge in [-0.05, 0) is 24.6 Å². The van der Waals surface area contributed by atoms with Crippen molar-refractivity contribution in [1.82, 2.24) is 0 Å². The molecule has 11 heteroatoms. The lowest BCUT2D eigenvalue weighted by Crippen LogP contribution is -2.25. The maximum atomic E-state index is 14.0. The number of benzene rings is 2. The topological polar surface area (TPSA) is 18.5 Å². The van der Waals surface area contributed by atoms with Crippen molar-refractivity contribution in [1.29, 1.82) is 0 Å². The van der Waals surface area contributed by atoms with E-state index in [2.05, 4.69) is 9.47 Å². The van der Waals surface area contributed by atoms with E-state index in [1.807, 2.05) is 0 Å². The zero-order valence-corrected chi connectivity index (χ0v) is 12.5. The molecule has 0 saturated carbocycles. The van der Waals surface area contributed by atoms with Gasteiger partial charge in [0.15, 0.2) is 11.6 Å². The van der Waals surface area contributed by atoms with Crippen LogP contribution in [0.1, 0.15) is 18.6 Å². The molecule has 0 amide bonds. The van der Waals surface area contributed by atoms with Crippen LogP contribution in [0.2, 0.25) is 0 Å². The predicted molar refractivity (Wildman–Crippen MR) is 75.4 cm³/mol. The fourth-order valence-corrected chi connectivity index (χ4v) is 1.99. The molecule has 0 heterocycles. The second-order valence-electron chi connectivity index (χ2n) is 4.99. The smallest absolute Gasteiger partial charge is 0.429 e. The van der Waals surface area contributed by atoms with Crippen LogP contribution in [-0.4, -0.2) is 6.36 Å². The number of hydrogen-bond acceptors (Lipinski definition) is 2. The summed E-state index contributed by atoms with van der Waals surface area (Å²) >= 11 is 0. The van der Waals surface area contributed by atoms with Crippen molar-refractivity contribution >= 4 is 0 Å². The summed E-state index contributed by atoms with van der Waals surface area (Å²) in [6.45, 7) is 1.22. The molecule has 0 aliphatic heterocycles. The molecular formula is C16H11F9O2. The Hall–Kier alpha value is -2.59. The summed E-state index contributed by atoms with van der Waals surface area (Å²) in [4.78, 5) is 0. The molecule has 0 unspecified atom stereocenters. The lowest BCUT2D eigenvalue weighted by atomic mass is 10.1. The standard InChI is InChI=1S/C15H7F9O2.CH4/c1-6-2-8(16)12(9(17)3-6)14(20,21)25-7-4-10(18)13(11(19)5-7)26-15(22,23)24;/h2-5H,1H3;1H4. The maximum absolute atomic E-state index is 14.0. The summed E-state index contributed by atoms with van der Waals surface area (Å²) < 4.78 is 125. The van der Waals surface area contributed by atoms with Gasteiger partial charge in [-0.2, -0.15) is 8.78 Å². The fourth-order valence-electron chi connectivity index (χ4n) is 1.99. The van der Waals surface area contributed by atoms with Gasteiger partial charge in [-0.1, -0.05) is 7.43 Å². The highest BCUT2D eigenvalue weighted by Gasteiger charge is 2.42. The molecule has 0 bridgehead atoms. The second kappa shape index (κ2) is 7.57. The summed E-state index contributed by atoms with van der Waals surface area (Å²) in [7, 11) is 0. The van der Waals surface area contributed by atoms with Gasteiger partial charge in [0, 0.05) is 12.1 Å². The Bertz CT molecular complexity index is 785. The van der Waals surface area contributed by atoms with Crippen LogP contribution in [0.25, 0.3) is 0 Å². The number of halogens is 9. The van der Waals surface area contributed by atoms with E-state index in [0.29, 0.717) is 12.1 Å². The van der Waals surface area contributed by atoms with Crippen molar-refractivity contribution in [2.75, 3.05) is 0 Å². The zero-order valence-electron chi connectivity index (χ0n) is 12.5. The molecule has 27 heavy (non-hydrogen) atoms. The first-order chi connectivity index (χ1) is 11.8. The van der Waals surface area contributed by atoms with Gasteiger partial charge >= 0.3 is 12.5 Å². The molecule has 0 aliphatic rings. The Kier molecular flexibility index (Phi) is 6.29. The Morgan fingerprint density at radius 1 is 0.704 bits per heavy atom. The van der Waals surface area contributed by atoms with Crippen LogP contribution in [0.5, 0.6) is 11.5 Å². The van der Waals surface area contributed by atoms with Crippen LogP contribution < -0.4 is 9.47 Å². The van der Waals surface area contributed by atoms with Gasteiger partial charge in [-0.3, -0.25) is 0 Å². The van der Waals surface area contributed by atoms with Crippen molar-refractivity contribution in [2.45, 2.75) is 26.8 Å². The van der Waals surface area contributed by atoms with Crippen LogP contribution >= 0.6 is 0 Å². The average Bonchev–Trinajstić information content (AvgIpc) is 2.39. The third kappa shape index (κ3) is 5.20. The highest BCUT2D eigenvalue weighted by atomic mass is 19.4. The van der Waals surface area contributed by atoms with Gasteiger partial charge in [-0.15, -0.1) is 13.2 Å². The first-order valence-corrected chi connectivity index (χ1v) is 6.58. The fraction of sp³-hybridized carbons (Fsp3) is 0.250. The summed E-state index contributed by atoms with van der Waals surface area (Å²) in [6.07, 6.45) is -10.2. The molecule has 0 atom stereocenters. The lowest BCUT2D eigenvalue weighted by Gasteiger charge is -2.20. The molecule has 2 aromatic rings. The molecule has 0 aliphatic carbocycles. The number of aryl methyl sites for hydroxylation is 1. The van der Waals surface area contributed by atoms with Crippen molar-refractivity contribution < 1.29 is 49.0 Å². The molecular weight excluding hydrogens is 395 g/mol. The van der Waals surface area contributed by atoms with Crippen molar-refractivity contribution in [3.05, 3.63) is 58.7 Å². The Labute approximate surface area is 147 Å². The van der Waals surface area contributed by atoms with Crippen LogP contribution in [-0.2, 0) is 6.11 Å². The van der Waals surface area contributed by atoms with Gasteiger partial charge in [0.1, 0.15) is 22.9 Å². The third-order valence-electron chi connectivity index (χ3n) is 2.91. The molecule has 0 N–H and O–H groups in total. The first-order valence-electron chi connectivity index (χ1n) is 6.58. The Morgan fingerprint density at radius 3 is 1.56 bits per heavy atom. The molecule has 0 saturated heterocycles. The number of ether oxygens (including phenoxy) is 2. The first kappa shape index (κ1) is 22.5. The minimum Gasteiger partial charge on any atom is -0.429 e. The highest BCUT2D eigenvalue weighted by Crippen LogP contribution is 2.38. The minimum absolute atomic E-state index is 0. The monoisotopic (exact) mass is 406 g/mol. The Balaban J connectivity index is 0.00000364. The largest absolute Gasteiger partial charge is 0.573 e. The number of rotatable bonds is 4. The molecule has 2 nitrogen and oxygen atoms in total. The van der Waals surface area contributed by atoms with E-state index in [9.17, 15) is 39.5 Å². The predicted octanol–water partition coefficient (Wildman–Crippen LogP) is 6.21. The van der Waals surface area contributed by atoms with Crippen LogP contribution in [0, 0.1) is 30.2 Å². The minimum atomic E-state index is -5.44. The summed E-state index contributed by atoms with van der Waals surface area (Å²) in [5.74, 6) is -10.6. The zero-order chi connectivity index (χ0) is 19.9. The van der Waals surface area contributed by atoms with E-state index in [0.717, 1.165) is 0 Å². The molecule has 2 rings (SSSR count). The third-order valence-corrected chi connectivity index (χ3v) is 2.91. The number of hydrogen-bond donors (Lipinski definition) is 0. The van der Waals surface area contributed by atoms with Crippen LogP contribution in [0.3, 0.4) is 0 Å². The second-order valence-corrected chi connectivity index (χ2v) is 4.99. The summed E-state index contributed by atoms with van der Waals surface area (Å²) in [5.41, 5.74) is -1.86. The number of alkyl halides is 5.